The van der Waals surface area contributed by atoms with Gasteiger partial charge in [-0.1, -0.05) is 24.3 Å². The number of ether oxygens (including phenoxy) is 4. The fraction of sp³-hybridized carbons (Fsp3) is 0.476. The number of benzene rings is 4. The predicted octanol–water partition coefficient (Wildman–Crippen LogP) is 8.64. The fourth-order valence-electron chi connectivity index (χ4n) is 7.26. The summed E-state index contributed by atoms with van der Waals surface area (Å²) in [5, 5.41) is 23.8. The molecule has 0 spiro atoms. The molecular formula is C42H50B2N2O8. The van der Waals surface area contributed by atoms with E-state index in [4.69, 9.17) is 37.6 Å². The molecule has 0 saturated carbocycles. The zero-order chi connectivity index (χ0) is 39.1. The van der Waals surface area contributed by atoms with Gasteiger partial charge >= 0.3 is 14.2 Å². The molecule has 0 aromatic heterocycles. The molecule has 0 atom stereocenters. The lowest BCUT2D eigenvalue weighted by atomic mass is 9.78. The van der Waals surface area contributed by atoms with E-state index in [1.165, 1.54) is 0 Å². The normalized spacial score (nSPS) is 18.2. The number of fused-ring (bicyclic) bond motifs is 2. The van der Waals surface area contributed by atoms with Crippen LogP contribution in [0.15, 0.2) is 48.5 Å². The SMILES string of the molecule is COCOc1c(CCB2OC(C)(C)C(C)(C)O2)cc2c(C#N)cccc2c1-c1c(OCOC)c(CCB2OC(C)(C)C(C)(C)O2)cc2c(C#N)cccc12. The topological polar surface area (TPSA) is 121 Å². The van der Waals surface area contributed by atoms with Crippen LogP contribution < -0.4 is 9.47 Å². The van der Waals surface area contributed by atoms with Crippen molar-refractivity contribution in [3.05, 3.63) is 70.8 Å². The highest BCUT2D eigenvalue weighted by atomic mass is 16.7. The quantitative estimate of drug-likeness (QED) is 0.0976. The van der Waals surface area contributed by atoms with Crippen molar-refractivity contribution in [2.75, 3.05) is 27.8 Å². The van der Waals surface area contributed by atoms with Crippen LogP contribution >= 0.6 is 0 Å². The molecule has 0 unspecified atom stereocenters. The van der Waals surface area contributed by atoms with Crippen molar-refractivity contribution in [3.63, 3.8) is 0 Å². The van der Waals surface area contributed by atoms with Crippen LogP contribution in [0.2, 0.25) is 12.6 Å². The van der Waals surface area contributed by atoms with Gasteiger partial charge in [-0.3, -0.25) is 0 Å². The average Bonchev–Trinajstić information content (AvgIpc) is 3.47. The number of hydrogen-bond acceptors (Lipinski definition) is 10. The number of aryl methyl sites for hydroxylation is 2. The van der Waals surface area contributed by atoms with Gasteiger partial charge in [0, 0.05) is 36.1 Å². The average molecular weight is 732 g/mol. The molecule has 0 aliphatic carbocycles. The van der Waals surface area contributed by atoms with Crippen molar-refractivity contribution in [2.24, 2.45) is 0 Å². The van der Waals surface area contributed by atoms with E-state index in [1.807, 2.05) is 104 Å². The van der Waals surface area contributed by atoms with E-state index in [9.17, 15) is 10.5 Å². The van der Waals surface area contributed by atoms with Gasteiger partial charge < -0.3 is 37.6 Å². The molecular weight excluding hydrogens is 682 g/mol. The molecule has 6 rings (SSSR count). The Labute approximate surface area is 319 Å². The highest BCUT2D eigenvalue weighted by Crippen LogP contribution is 2.50. The second-order valence-electron chi connectivity index (χ2n) is 16.1. The van der Waals surface area contributed by atoms with Gasteiger partial charge in [-0.15, -0.1) is 0 Å². The highest BCUT2D eigenvalue weighted by Gasteiger charge is 2.51. The Kier molecular flexibility index (Phi) is 11.1. The van der Waals surface area contributed by atoms with E-state index in [2.05, 4.69) is 12.1 Å². The lowest BCUT2D eigenvalue weighted by Crippen LogP contribution is -2.41. The van der Waals surface area contributed by atoms with Gasteiger partial charge in [0.05, 0.1) is 45.7 Å². The third-order valence-corrected chi connectivity index (χ3v) is 11.5. The van der Waals surface area contributed by atoms with Crippen LogP contribution in [-0.2, 0) is 40.9 Å². The van der Waals surface area contributed by atoms with Gasteiger partial charge in [-0.2, -0.15) is 10.5 Å². The molecule has 4 aromatic carbocycles. The molecule has 0 amide bonds. The lowest BCUT2D eigenvalue weighted by Gasteiger charge is -2.32. The minimum Gasteiger partial charge on any atom is -0.467 e. The van der Waals surface area contributed by atoms with Crippen molar-refractivity contribution < 1.29 is 37.6 Å². The van der Waals surface area contributed by atoms with Crippen LogP contribution in [0.3, 0.4) is 0 Å². The molecule has 0 bridgehead atoms. The number of hydrogen-bond donors (Lipinski definition) is 0. The maximum atomic E-state index is 10.4. The van der Waals surface area contributed by atoms with E-state index in [-0.39, 0.29) is 13.6 Å². The predicted molar refractivity (Wildman–Crippen MR) is 211 cm³/mol. The molecule has 10 nitrogen and oxygen atoms in total. The Balaban J connectivity index is 1.61. The molecule has 2 aliphatic rings. The van der Waals surface area contributed by atoms with Crippen LogP contribution in [-0.4, -0.2) is 64.4 Å². The first-order valence-electron chi connectivity index (χ1n) is 18.5. The van der Waals surface area contributed by atoms with Crippen molar-refractivity contribution in [1.29, 1.82) is 10.5 Å². The fourth-order valence-corrected chi connectivity index (χ4v) is 7.26. The monoisotopic (exact) mass is 732 g/mol. The number of nitrogens with zero attached hydrogens (tertiary/aromatic N) is 2. The third kappa shape index (κ3) is 7.32. The minimum atomic E-state index is -0.485. The van der Waals surface area contributed by atoms with Gasteiger partial charge in [0.1, 0.15) is 11.5 Å². The van der Waals surface area contributed by atoms with Crippen LogP contribution in [0.5, 0.6) is 11.5 Å². The molecule has 4 aromatic rings. The number of rotatable bonds is 13. The molecule has 2 heterocycles. The van der Waals surface area contributed by atoms with Crippen LogP contribution in [0.4, 0.5) is 0 Å². The van der Waals surface area contributed by atoms with Crippen LogP contribution in [0, 0.1) is 22.7 Å². The first-order valence-corrected chi connectivity index (χ1v) is 18.5. The summed E-state index contributed by atoms with van der Waals surface area (Å²) in [6.07, 6.45) is 2.10. The van der Waals surface area contributed by atoms with Crippen molar-refractivity contribution in [2.45, 2.75) is 103 Å². The second-order valence-corrected chi connectivity index (χ2v) is 16.1. The summed E-state index contributed by atoms with van der Waals surface area (Å²) in [7, 11) is 2.26. The smallest absolute Gasteiger partial charge is 0.458 e. The van der Waals surface area contributed by atoms with E-state index in [0.717, 1.165) is 32.7 Å². The summed E-state index contributed by atoms with van der Waals surface area (Å²) in [5.74, 6) is 1.15. The van der Waals surface area contributed by atoms with Gasteiger partial charge in [0.2, 0.25) is 0 Å². The van der Waals surface area contributed by atoms with Crippen molar-refractivity contribution in [1.82, 2.24) is 0 Å². The molecule has 54 heavy (non-hydrogen) atoms. The van der Waals surface area contributed by atoms with Gasteiger partial charge in [-0.25, -0.2) is 0 Å². The Morgan fingerprint density at radius 3 is 1.22 bits per heavy atom. The molecule has 0 radical (unpaired) electrons. The van der Waals surface area contributed by atoms with Gasteiger partial charge in [0.25, 0.3) is 0 Å². The summed E-state index contributed by atoms with van der Waals surface area (Å²) in [6, 6.07) is 20.2. The Bertz CT molecular complexity index is 1950. The van der Waals surface area contributed by atoms with Crippen molar-refractivity contribution in [3.8, 4) is 34.8 Å². The first-order chi connectivity index (χ1) is 25.6. The lowest BCUT2D eigenvalue weighted by molar-refractivity contribution is 0.00578. The molecule has 2 fully saturated rings. The van der Waals surface area contributed by atoms with Gasteiger partial charge in [-0.05, 0) is 127 Å². The first kappa shape index (κ1) is 39.6. The van der Waals surface area contributed by atoms with E-state index in [0.29, 0.717) is 59.2 Å². The largest absolute Gasteiger partial charge is 0.467 e. The Morgan fingerprint density at radius 1 is 0.556 bits per heavy atom. The summed E-state index contributed by atoms with van der Waals surface area (Å²) >= 11 is 0. The van der Waals surface area contributed by atoms with Crippen molar-refractivity contribution >= 4 is 35.8 Å². The van der Waals surface area contributed by atoms with Gasteiger partial charge in [0.15, 0.2) is 13.6 Å². The standard InChI is InChI=1S/C42H50B2N2O8/c1-39(2)40(3,4)52-43(51-39)19-17-27-21-33-29(23-45)13-11-15-31(33)35(37(27)49-25-47-9)36-32-16-12-14-30(24-46)34(32)22-28(38(36)50-26-48-10)18-20-44-53-41(5,6)42(7,8)54-44/h11-16,21-22H,17-20,25-26H2,1-10H3. The number of nitriles is 2. The van der Waals surface area contributed by atoms with E-state index in [1.54, 1.807) is 14.2 Å². The maximum Gasteiger partial charge on any atom is 0.458 e. The highest BCUT2D eigenvalue weighted by molar-refractivity contribution is 6.46. The molecule has 12 heteroatoms. The van der Waals surface area contributed by atoms with E-state index >= 15 is 0 Å². The zero-order valence-corrected chi connectivity index (χ0v) is 33.2. The Hall–Kier alpha value is -4.13. The summed E-state index contributed by atoms with van der Waals surface area (Å²) in [5.41, 5.74) is 2.21. The zero-order valence-electron chi connectivity index (χ0n) is 33.2. The Morgan fingerprint density at radius 2 is 0.907 bits per heavy atom. The summed E-state index contributed by atoms with van der Waals surface area (Å²) < 4.78 is 49.7. The summed E-state index contributed by atoms with van der Waals surface area (Å²) in [6.45, 7) is 16.2. The van der Waals surface area contributed by atoms with Crippen LogP contribution in [0.1, 0.15) is 77.6 Å². The minimum absolute atomic E-state index is 0.0306. The van der Waals surface area contributed by atoms with Crippen LogP contribution in [0.25, 0.3) is 32.7 Å². The maximum absolute atomic E-state index is 10.4. The van der Waals surface area contributed by atoms with E-state index < -0.39 is 36.6 Å². The molecule has 0 N–H and O–H groups in total. The second kappa shape index (κ2) is 15.2. The third-order valence-electron chi connectivity index (χ3n) is 11.5. The number of methoxy groups -OCH3 is 2. The molecule has 2 saturated heterocycles. The summed E-state index contributed by atoms with van der Waals surface area (Å²) in [4.78, 5) is 0. The molecule has 2 aliphatic heterocycles. The molecule has 282 valence electrons.